The number of anilines is 2. The van der Waals surface area contributed by atoms with Crippen LogP contribution in [0.25, 0.3) is 6.08 Å². The minimum atomic E-state index is -3.81. The molecule has 2 N–H and O–H groups in total. The molecule has 0 heterocycles. The fourth-order valence-electron chi connectivity index (χ4n) is 2.95. The van der Waals surface area contributed by atoms with E-state index in [9.17, 15) is 13.2 Å². The lowest BCUT2D eigenvalue weighted by Gasteiger charge is -2.12. The predicted molar refractivity (Wildman–Crippen MR) is 131 cm³/mol. The lowest BCUT2D eigenvalue weighted by molar-refractivity contribution is -0.111. The molecule has 0 aliphatic carbocycles. The number of nitrogens with one attached hydrogen (secondary N) is 2. The predicted octanol–water partition coefficient (Wildman–Crippen LogP) is 5.12. The van der Waals surface area contributed by atoms with Crippen molar-refractivity contribution in [2.75, 3.05) is 24.3 Å². The van der Waals surface area contributed by atoms with Crippen LogP contribution in [-0.4, -0.2) is 28.5 Å². The molecule has 0 saturated heterocycles. The fourth-order valence-corrected chi connectivity index (χ4v) is 4.25. The van der Waals surface area contributed by atoms with Crippen LogP contribution in [-0.2, 0) is 14.8 Å². The highest BCUT2D eigenvalue weighted by atomic mass is 35.5. The first-order chi connectivity index (χ1) is 15.7. The first-order valence-corrected chi connectivity index (χ1v) is 11.7. The Labute approximate surface area is 198 Å². The smallest absolute Gasteiger partial charge is 0.261 e. The summed E-state index contributed by atoms with van der Waals surface area (Å²) in [5, 5.41) is 3.16. The maximum absolute atomic E-state index is 12.7. The number of halogens is 1. The second kappa shape index (κ2) is 10.4. The molecule has 3 aromatic carbocycles. The van der Waals surface area contributed by atoms with Crippen molar-refractivity contribution >= 4 is 45.0 Å². The van der Waals surface area contributed by atoms with Gasteiger partial charge in [-0.15, -0.1) is 0 Å². The van der Waals surface area contributed by atoms with Crippen molar-refractivity contribution in [1.29, 1.82) is 0 Å². The second-order valence-electron chi connectivity index (χ2n) is 6.98. The van der Waals surface area contributed by atoms with Crippen LogP contribution >= 0.6 is 11.6 Å². The highest BCUT2D eigenvalue weighted by Crippen LogP contribution is 2.28. The number of rotatable bonds is 8. The van der Waals surface area contributed by atoms with Gasteiger partial charge in [-0.1, -0.05) is 23.7 Å². The summed E-state index contributed by atoms with van der Waals surface area (Å²) in [5.74, 6) is 0.778. The SMILES string of the molecule is COc1ccc(/C=C/C(=O)Nc2ccc(S(=O)(=O)Nc3cccc(Cl)c3C)cc2)cc1OC. The molecular formula is C24H23ClN2O5S. The monoisotopic (exact) mass is 486 g/mol. The van der Waals surface area contributed by atoms with Crippen molar-refractivity contribution < 1.29 is 22.7 Å². The number of carbonyl (C=O) groups excluding carboxylic acids is 1. The van der Waals surface area contributed by atoms with Crippen molar-refractivity contribution in [2.24, 2.45) is 0 Å². The molecule has 33 heavy (non-hydrogen) atoms. The van der Waals surface area contributed by atoms with Gasteiger partial charge in [0.2, 0.25) is 5.91 Å². The Kier molecular flexibility index (Phi) is 7.63. The summed E-state index contributed by atoms with van der Waals surface area (Å²) in [6.07, 6.45) is 3.00. The summed E-state index contributed by atoms with van der Waals surface area (Å²) in [6.45, 7) is 1.73. The van der Waals surface area contributed by atoms with Gasteiger partial charge in [0.25, 0.3) is 10.0 Å². The number of carbonyl (C=O) groups is 1. The summed E-state index contributed by atoms with van der Waals surface area (Å²) >= 11 is 6.06. The average molecular weight is 487 g/mol. The lowest BCUT2D eigenvalue weighted by Crippen LogP contribution is -2.14. The van der Waals surface area contributed by atoms with E-state index < -0.39 is 10.0 Å². The van der Waals surface area contributed by atoms with Gasteiger partial charge in [0.05, 0.1) is 24.8 Å². The van der Waals surface area contributed by atoms with E-state index >= 15 is 0 Å². The lowest BCUT2D eigenvalue weighted by atomic mass is 10.2. The third kappa shape index (κ3) is 6.06. The molecule has 0 radical (unpaired) electrons. The van der Waals surface area contributed by atoms with Crippen molar-refractivity contribution in [3.63, 3.8) is 0 Å². The molecular weight excluding hydrogens is 464 g/mol. The van der Waals surface area contributed by atoms with E-state index in [1.165, 1.54) is 37.5 Å². The Hall–Kier alpha value is -3.49. The standard InChI is InChI=1S/C24H23ClN2O5S/c1-16-20(25)5-4-6-21(16)27-33(29,30)19-11-9-18(10-12-19)26-24(28)14-8-17-7-13-22(31-2)23(15-17)32-3/h4-15,27H,1-3H3,(H,26,28)/b14-8+. The summed E-state index contributed by atoms with van der Waals surface area (Å²) in [6, 6.07) is 16.1. The highest BCUT2D eigenvalue weighted by molar-refractivity contribution is 7.92. The summed E-state index contributed by atoms with van der Waals surface area (Å²) < 4.78 is 38.3. The third-order valence-electron chi connectivity index (χ3n) is 4.78. The van der Waals surface area contributed by atoms with Gasteiger partial charge in [0.1, 0.15) is 0 Å². The summed E-state index contributed by atoms with van der Waals surface area (Å²) in [7, 11) is -0.731. The first kappa shape index (κ1) is 24.2. The van der Waals surface area contributed by atoms with Crippen molar-refractivity contribution in [1.82, 2.24) is 0 Å². The number of sulfonamides is 1. The molecule has 3 aromatic rings. The fraction of sp³-hybridized carbons (Fsp3) is 0.125. The zero-order valence-corrected chi connectivity index (χ0v) is 19.8. The number of hydrogen-bond donors (Lipinski definition) is 2. The molecule has 0 saturated carbocycles. The van der Waals surface area contributed by atoms with Gasteiger partial charge in [-0.25, -0.2) is 8.42 Å². The van der Waals surface area contributed by atoms with Crippen LogP contribution in [0.15, 0.2) is 71.6 Å². The van der Waals surface area contributed by atoms with E-state index in [1.807, 2.05) is 0 Å². The van der Waals surface area contributed by atoms with Crippen LogP contribution in [0.1, 0.15) is 11.1 Å². The van der Waals surface area contributed by atoms with Crippen molar-refractivity contribution in [3.05, 3.63) is 82.9 Å². The first-order valence-electron chi connectivity index (χ1n) is 9.82. The minimum Gasteiger partial charge on any atom is -0.493 e. The molecule has 9 heteroatoms. The zero-order valence-electron chi connectivity index (χ0n) is 18.3. The van der Waals surface area contributed by atoms with Crippen LogP contribution in [0, 0.1) is 6.92 Å². The normalized spacial score (nSPS) is 11.3. The number of ether oxygens (including phenoxy) is 2. The molecule has 1 amide bonds. The zero-order chi connectivity index (χ0) is 24.0. The number of methoxy groups -OCH3 is 2. The van der Waals surface area contributed by atoms with Crippen molar-refractivity contribution in [3.8, 4) is 11.5 Å². The summed E-state index contributed by atoms with van der Waals surface area (Å²) in [4.78, 5) is 12.3. The Morgan fingerprint density at radius 3 is 2.33 bits per heavy atom. The number of hydrogen-bond acceptors (Lipinski definition) is 5. The number of amides is 1. The molecule has 0 atom stereocenters. The number of benzene rings is 3. The molecule has 7 nitrogen and oxygen atoms in total. The topological polar surface area (TPSA) is 93.7 Å². The minimum absolute atomic E-state index is 0.0562. The molecule has 0 bridgehead atoms. The van der Waals surface area contributed by atoms with Gasteiger partial charge in [0, 0.05) is 16.8 Å². The molecule has 3 rings (SSSR count). The highest BCUT2D eigenvalue weighted by Gasteiger charge is 2.16. The Morgan fingerprint density at radius 2 is 1.67 bits per heavy atom. The van der Waals surface area contributed by atoms with Gasteiger partial charge >= 0.3 is 0 Å². The van der Waals surface area contributed by atoms with Crippen LogP contribution in [0.5, 0.6) is 11.5 Å². The quantitative estimate of drug-likeness (QED) is 0.431. The van der Waals surface area contributed by atoms with E-state index in [0.29, 0.717) is 33.5 Å². The largest absolute Gasteiger partial charge is 0.493 e. The molecule has 0 fully saturated rings. The Balaban J connectivity index is 1.67. The van der Waals surface area contributed by atoms with E-state index in [2.05, 4.69) is 10.0 Å². The average Bonchev–Trinajstić information content (AvgIpc) is 2.80. The van der Waals surface area contributed by atoms with Gasteiger partial charge < -0.3 is 14.8 Å². The van der Waals surface area contributed by atoms with Crippen LogP contribution in [0.4, 0.5) is 11.4 Å². The van der Waals surface area contributed by atoms with Crippen molar-refractivity contribution in [2.45, 2.75) is 11.8 Å². The molecule has 0 spiro atoms. The molecule has 0 aliphatic rings. The van der Waals surface area contributed by atoms with E-state index in [4.69, 9.17) is 21.1 Å². The van der Waals surface area contributed by atoms with Gasteiger partial charge in [-0.05, 0) is 72.7 Å². The maximum Gasteiger partial charge on any atom is 0.261 e. The van der Waals surface area contributed by atoms with Gasteiger partial charge in [-0.2, -0.15) is 0 Å². The van der Waals surface area contributed by atoms with Crippen LogP contribution in [0.2, 0.25) is 5.02 Å². The Morgan fingerprint density at radius 1 is 0.970 bits per heavy atom. The molecule has 0 aliphatic heterocycles. The molecule has 0 aromatic heterocycles. The van der Waals surface area contributed by atoms with Gasteiger partial charge in [0.15, 0.2) is 11.5 Å². The molecule has 172 valence electrons. The maximum atomic E-state index is 12.7. The van der Waals surface area contributed by atoms with E-state index in [-0.39, 0.29) is 10.8 Å². The summed E-state index contributed by atoms with van der Waals surface area (Å²) in [5.41, 5.74) is 2.24. The van der Waals surface area contributed by atoms with Crippen LogP contribution in [0.3, 0.4) is 0 Å². The van der Waals surface area contributed by atoms with Crippen LogP contribution < -0.4 is 19.5 Å². The van der Waals surface area contributed by atoms with E-state index in [1.54, 1.807) is 56.5 Å². The third-order valence-corrected chi connectivity index (χ3v) is 6.57. The Bertz CT molecular complexity index is 1290. The second-order valence-corrected chi connectivity index (χ2v) is 9.07. The van der Waals surface area contributed by atoms with E-state index in [0.717, 1.165) is 5.56 Å². The van der Waals surface area contributed by atoms with Gasteiger partial charge in [-0.3, -0.25) is 9.52 Å². The molecule has 0 unspecified atom stereocenters.